The summed E-state index contributed by atoms with van der Waals surface area (Å²) in [6, 6.07) is 0. The lowest BCUT2D eigenvalue weighted by molar-refractivity contribution is -0.142. The first-order chi connectivity index (χ1) is 7.89. The van der Waals surface area contributed by atoms with E-state index in [4.69, 9.17) is 5.11 Å². The van der Waals surface area contributed by atoms with Crippen molar-refractivity contribution >= 4 is 34.2 Å². The zero-order chi connectivity index (χ0) is 13.1. The van der Waals surface area contributed by atoms with Gasteiger partial charge in [-0.05, 0) is 14.0 Å². The number of hydrogen-bond acceptors (Lipinski definition) is 7. The number of carboxylic acids is 1. The third-order valence-electron chi connectivity index (χ3n) is 2.29. The van der Waals surface area contributed by atoms with Crippen molar-refractivity contribution in [2.75, 3.05) is 31.8 Å². The highest BCUT2D eigenvalue weighted by atomic mass is 32.2. The Hall–Kier alpha value is -0.860. The van der Waals surface area contributed by atoms with Crippen molar-refractivity contribution in [3.05, 3.63) is 0 Å². The zero-order valence-corrected chi connectivity index (χ0v) is 11.9. The molecule has 0 aliphatic heterocycles. The molecule has 0 amide bonds. The predicted octanol–water partition coefficient (Wildman–Crippen LogP) is 0.759. The van der Waals surface area contributed by atoms with Crippen molar-refractivity contribution in [1.82, 2.24) is 15.5 Å². The fourth-order valence-corrected chi connectivity index (χ4v) is 2.81. The summed E-state index contributed by atoms with van der Waals surface area (Å²) in [5, 5.41) is 20.7. The van der Waals surface area contributed by atoms with Crippen molar-refractivity contribution in [3.63, 3.8) is 0 Å². The van der Waals surface area contributed by atoms with E-state index in [1.807, 2.05) is 19.0 Å². The van der Waals surface area contributed by atoms with Gasteiger partial charge in [-0.3, -0.25) is 4.79 Å². The predicted molar refractivity (Wildman–Crippen MR) is 70.1 cm³/mol. The van der Waals surface area contributed by atoms with Crippen LogP contribution in [0.1, 0.15) is 6.92 Å². The average Bonchev–Trinajstić information content (AvgIpc) is 2.74. The third-order valence-corrected chi connectivity index (χ3v) is 4.83. The van der Waals surface area contributed by atoms with Gasteiger partial charge >= 0.3 is 5.97 Å². The van der Waals surface area contributed by atoms with Crippen LogP contribution in [0.4, 0.5) is 5.13 Å². The second kappa shape index (κ2) is 5.65. The number of carbonyl (C=O) groups is 1. The van der Waals surface area contributed by atoms with Gasteiger partial charge in [-0.2, -0.15) is 0 Å². The molecule has 0 aliphatic rings. The van der Waals surface area contributed by atoms with Gasteiger partial charge in [0.25, 0.3) is 0 Å². The van der Waals surface area contributed by atoms with Crippen LogP contribution in [0.25, 0.3) is 0 Å². The number of aromatic nitrogens is 2. The number of aliphatic carboxylic acids is 1. The molecular weight excluding hydrogens is 260 g/mol. The lowest BCUT2D eigenvalue weighted by Crippen LogP contribution is -2.49. The molecule has 96 valence electrons. The highest BCUT2D eigenvalue weighted by Crippen LogP contribution is 2.29. The number of likely N-dealkylation sites (N-methyl/N-ethyl adjacent to an activating group) is 1. The van der Waals surface area contributed by atoms with Crippen LogP contribution in [-0.4, -0.2) is 53.7 Å². The van der Waals surface area contributed by atoms with Crippen LogP contribution in [0.2, 0.25) is 0 Å². The summed E-state index contributed by atoms with van der Waals surface area (Å²) in [5.41, 5.74) is -0.950. The second-order valence-electron chi connectivity index (χ2n) is 3.92. The Bertz CT molecular complexity index is 396. The number of nitrogens with zero attached hydrogens (tertiary/aromatic N) is 3. The number of thioether (sulfide) groups is 1. The molecular formula is C9H16N4O2S2. The highest BCUT2D eigenvalue weighted by Gasteiger charge is 2.31. The molecule has 1 heterocycles. The molecule has 1 aromatic rings. The molecule has 0 saturated carbocycles. The van der Waals surface area contributed by atoms with Gasteiger partial charge in [0.1, 0.15) is 5.54 Å². The molecule has 0 spiro atoms. The summed E-state index contributed by atoms with van der Waals surface area (Å²) in [7, 11) is 5.42. The molecule has 1 unspecified atom stereocenters. The van der Waals surface area contributed by atoms with E-state index in [9.17, 15) is 4.79 Å². The van der Waals surface area contributed by atoms with Crippen LogP contribution < -0.4 is 10.2 Å². The van der Waals surface area contributed by atoms with E-state index in [1.165, 1.54) is 23.1 Å². The van der Waals surface area contributed by atoms with Crippen molar-refractivity contribution in [2.45, 2.75) is 16.8 Å². The number of rotatable bonds is 6. The summed E-state index contributed by atoms with van der Waals surface area (Å²) in [6.45, 7) is 1.65. The summed E-state index contributed by atoms with van der Waals surface area (Å²) < 4.78 is 0.774. The minimum atomic E-state index is -0.950. The lowest BCUT2D eigenvalue weighted by Gasteiger charge is -2.22. The van der Waals surface area contributed by atoms with Gasteiger partial charge in [0.15, 0.2) is 4.34 Å². The maximum absolute atomic E-state index is 11.1. The van der Waals surface area contributed by atoms with Gasteiger partial charge < -0.3 is 15.3 Å². The molecule has 0 aliphatic carbocycles. The van der Waals surface area contributed by atoms with Gasteiger partial charge in [0, 0.05) is 19.8 Å². The zero-order valence-electron chi connectivity index (χ0n) is 10.2. The monoisotopic (exact) mass is 276 g/mol. The molecule has 1 rings (SSSR count). The van der Waals surface area contributed by atoms with E-state index >= 15 is 0 Å². The van der Waals surface area contributed by atoms with Gasteiger partial charge in [-0.15, -0.1) is 10.2 Å². The Morgan fingerprint density at radius 2 is 2.24 bits per heavy atom. The standard InChI is InChI=1S/C9H16N4O2S2/c1-9(10-2,6(14)15)5-16-8-12-11-7(17-8)13(3)4/h10H,5H2,1-4H3,(H,14,15). The minimum absolute atomic E-state index is 0.404. The maximum atomic E-state index is 11.1. The van der Waals surface area contributed by atoms with E-state index in [-0.39, 0.29) is 0 Å². The first-order valence-corrected chi connectivity index (χ1v) is 6.75. The molecule has 2 N–H and O–H groups in total. The lowest BCUT2D eigenvalue weighted by atomic mass is 10.1. The number of nitrogens with one attached hydrogen (secondary N) is 1. The molecule has 17 heavy (non-hydrogen) atoms. The molecule has 0 radical (unpaired) electrons. The smallest absolute Gasteiger partial charge is 0.324 e. The van der Waals surface area contributed by atoms with E-state index < -0.39 is 11.5 Å². The summed E-state index contributed by atoms with van der Waals surface area (Å²) in [6.07, 6.45) is 0. The molecule has 1 aromatic heterocycles. The maximum Gasteiger partial charge on any atom is 0.324 e. The molecule has 0 saturated heterocycles. The van der Waals surface area contributed by atoms with Crippen molar-refractivity contribution in [2.24, 2.45) is 0 Å². The van der Waals surface area contributed by atoms with Gasteiger partial charge in [0.05, 0.1) is 0 Å². The van der Waals surface area contributed by atoms with Gasteiger partial charge in [-0.25, -0.2) is 0 Å². The average molecular weight is 276 g/mol. The molecule has 6 nitrogen and oxygen atoms in total. The summed E-state index contributed by atoms with van der Waals surface area (Å²) in [5.74, 6) is -0.467. The van der Waals surface area contributed by atoms with Crippen molar-refractivity contribution in [3.8, 4) is 0 Å². The van der Waals surface area contributed by atoms with Gasteiger partial charge in [-0.1, -0.05) is 23.1 Å². The number of hydrogen-bond donors (Lipinski definition) is 2. The van der Waals surface area contributed by atoms with E-state index in [0.29, 0.717) is 5.75 Å². The fraction of sp³-hybridized carbons (Fsp3) is 0.667. The van der Waals surface area contributed by atoms with Crippen LogP contribution in [-0.2, 0) is 4.79 Å². The van der Waals surface area contributed by atoms with Crippen LogP contribution in [0.15, 0.2) is 4.34 Å². The summed E-state index contributed by atoms with van der Waals surface area (Å²) in [4.78, 5) is 12.9. The Balaban J connectivity index is 2.63. The second-order valence-corrected chi connectivity index (χ2v) is 6.10. The molecule has 1 atom stereocenters. The van der Waals surface area contributed by atoms with Crippen LogP contribution >= 0.6 is 23.1 Å². The van der Waals surface area contributed by atoms with E-state index in [2.05, 4.69) is 15.5 Å². The van der Waals surface area contributed by atoms with Crippen molar-refractivity contribution in [1.29, 1.82) is 0 Å². The van der Waals surface area contributed by atoms with Crippen LogP contribution in [0.5, 0.6) is 0 Å². The third kappa shape index (κ3) is 3.55. The first kappa shape index (κ1) is 14.2. The number of anilines is 1. The summed E-state index contributed by atoms with van der Waals surface area (Å²) >= 11 is 2.84. The SMILES string of the molecule is CNC(C)(CSc1nnc(N(C)C)s1)C(=O)O. The largest absolute Gasteiger partial charge is 0.480 e. The Morgan fingerprint density at radius 1 is 1.59 bits per heavy atom. The topological polar surface area (TPSA) is 78.4 Å². The Morgan fingerprint density at radius 3 is 2.65 bits per heavy atom. The molecule has 0 fully saturated rings. The molecule has 8 heteroatoms. The van der Waals surface area contributed by atoms with E-state index in [1.54, 1.807) is 14.0 Å². The van der Waals surface area contributed by atoms with Crippen molar-refractivity contribution < 1.29 is 9.90 Å². The minimum Gasteiger partial charge on any atom is -0.480 e. The fourth-order valence-electron chi connectivity index (χ4n) is 0.888. The Kier molecular flexibility index (Phi) is 4.72. The van der Waals surface area contributed by atoms with Gasteiger partial charge in [0.2, 0.25) is 5.13 Å². The normalized spacial score (nSPS) is 14.4. The van der Waals surface area contributed by atoms with E-state index in [0.717, 1.165) is 9.47 Å². The molecule has 0 bridgehead atoms. The van der Waals surface area contributed by atoms with Crippen LogP contribution in [0, 0.1) is 0 Å². The Labute approximate surface area is 108 Å². The number of carboxylic acid groups (broad SMARTS) is 1. The van der Waals surface area contributed by atoms with Crippen LogP contribution in [0.3, 0.4) is 0 Å². The molecule has 0 aromatic carbocycles. The first-order valence-electron chi connectivity index (χ1n) is 4.95. The quantitative estimate of drug-likeness (QED) is 0.743. The highest BCUT2D eigenvalue weighted by molar-refractivity contribution is 8.01.